The van der Waals surface area contributed by atoms with E-state index in [9.17, 15) is 20.0 Å². The van der Waals surface area contributed by atoms with Crippen molar-refractivity contribution in [3.63, 3.8) is 0 Å². The molecule has 9 nitrogen and oxygen atoms in total. The average molecular weight is 405 g/mol. The topological polar surface area (TPSA) is 114 Å². The van der Waals surface area contributed by atoms with E-state index < -0.39 is 22.5 Å². The minimum Gasteiger partial charge on any atom is -0.502 e. The Bertz CT molecular complexity index is 1200. The van der Waals surface area contributed by atoms with Crippen LogP contribution >= 0.6 is 0 Å². The van der Waals surface area contributed by atoms with Gasteiger partial charge in [-0.05, 0) is 30.3 Å². The van der Waals surface area contributed by atoms with Crippen molar-refractivity contribution >= 4 is 23.0 Å². The van der Waals surface area contributed by atoms with Gasteiger partial charge in [-0.3, -0.25) is 19.8 Å². The first kappa shape index (κ1) is 17.8. The highest BCUT2D eigenvalue weighted by Gasteiger charge is 2.35. The molecule has 0 fully saturated rings. The summed E-state index contributed by atoms with van der Waals surface area (Å²) in [5.41, 5.74) is 1.62. The van der Waals surface area contributed by atoms with E-state index in [1.54, 1.807) is 48.5 Å². The van der Waals surface area contributed by atoms with Gasteiger partial charge in [0.05, 0.1) is 16.2 Å². The van der Waals surface area contributed by atoms with Gasteiger partial charge in [-0.1, -0.05) is 18.2 Å². The third-order valence-electron chi connectivity index (χ3n) is 5.07. The second-order valence-electron chi connectivity index (χ2n) is 6.81. The number of nitro groups is 1. The number of ether oxygens (including phenoxy) is 2. The van der Waals surface area contributed by atoms with Crippen LogP contribution in [0.4, 0.5) is 17.1 Å². The molecule has 9 heteroatoms. The predicted molar refractivity (Wildman–Crippen MR) is 107 cm³/mol. The van der Waals surface area contributed by atoms with E-state index in [2.05, 4.69) is 5.32 Å². The molecule has 5 rings (SSSR count). The Balaban J connectivity index is 1.66. The summed E-state index contributed by atoms with van der Waals surface area (Å²) < 4.78 is 10.8. The summed E-state index contributed by atoms with van der Waals surface area (Å²) in [5.74, 6) is 0.368. The number of phenols is 1. The SMILES string of the molecule is O=C1c2ccccc2N[C@@H](c2ccc(O)c([N+](=O)[O-])c2)N1c1ccc2c(c1)OCO2. The quantitative estimate of drug-likeness (QED) is 0.503. The van der Waals surface area contributed by atoms with Gasteiger partial charge < -0.3 is 19.9 Å². The smallest absolute Gasteiger partial charge is 0.311 e. The van der Waals surface area contributed by atoms with E-state index in [1.807, 2.05) is 0 Å². The van der Waals surface area contributed by atoms with Crippen LogP contribution in [0, 0.1) is 10.1 Å². The van der Waals surface area contributed by atoms with Crippen molar-refractivity contribution in [1.82, 2.24) is 0 Å². The number of rotatable bonds is 3. The maximum absolute atomic E-state index is 13.4. The van der Waals surface area contributed by atoms with E-state index in [-0.39, 0.29) is 12.7 Å². The Labute approximate surface area is 170 Å². The molecule has 150 valence electrons. The zero-order valence-corrected chi connectivity index (χ0v) is 15.4. The third-order valence-corrected chi connectivity index (χ3v) is 5.07. The van der Waals surface area contributed by atoms with Crippen LogP contribution in [0.25, 0.3) is 0 Å². The summed E-state index contributed by atoms with van der Waals surface area (Å²) >= 11 is 0. The molecule has 0 aromatic heterocycles. The molecule has 0 bridgehead atoms. The molecule has 0 unspecified atom stereocenters. The predicted octanol–water partition coefficient (Wildman–Crippen LogP) is 3.80. The Morgan fingerprint density at radius 3 is 2.70 bits per heavy atom. The summed E-state index contributed by atoms with van der Waals surface area (Å²) in [6.07, 6.45) is -0.743. The van der Waals surface area contributed by atoms with Crippen LogP contribution in [0.2, 0.25) is 0 Å². The number of fused-ring (bicyclic) bond motifs is 2. The van der Waals surface area contributed by atoms with Gasteiger partial charge in [0.25, 0.3) is 5.91 Å². The first-order valence-electron chi connectivity index (χ1n) is 9.09. The molecule has 3 aromatic carbocycles. The fraction of sp³-hybridized carbons (Fsp3) is 0.0952. The maximum Gasteiger partial charge on any atom is 0.311 e. The minimum atomic E-state index is -0.743. The number of para-hydroxylation sites is 1. The summed E-state index contributed by atoms with van der Waals surface area (Å²) in [4.78, 5) is 25.6. The van der Waals surface area contributed by atoms with E-state index in [0.29, 0.717) is 34.0 Å². The Morgan fingerprint density at radius 2 is 1.87 bits per heavy atom. The standard InChI is InChI=1S/C21H15N3O6/c25-17-7-5-12(9-16(17)24(27)28)20-22-15-4-2-1-3-14(15)21(26)23(20)13-6-8-18-19(10-13)30-11-29-18/h1-10,20,22,25H,11H2/t20-/m1/s1. The highest BCUT2D eigenvalue weighted by Crippen LogP contribution is 2.42. The largest absolute Gasteiger partial charge is 0.502 e. The fourth-order valence-corrected chi connectivity index (χ4v) is 3.64. The van der Waals surface area contributed by atoms with Crippen LogP contribution in [0.5, 0.6) is 17.2 Å². The van der Waals surface area contributed by atoms with Crippen LogP contribution in [0.1, 0.15) is 22.1 Å². The zero-order valence-electron chi connectivity index (χ0n) is 15.4. The molecule has 3 aromatic rings. The number of aromatic hydroxyl groups is 1. The molecule has 0 aliphatic carbocycles. The fourth-order valence-electron chi connectivity index (χ4n) is 3.64. The van der Waals surface area contributed by atoms with Gasteiger partial charge in [-0.2, -0.15) is 0 Å². The molecule has 0 saturated heterocycles. The number of benzene rings is 3. The number of carbonyl (C=O) groups excluding carboxylic acids is 1. The lowest BCUT2D eigenvalue weighted by Gasteiger charge is -2.38. The maximum atomic E-state index is 13.4. The van der Waals surface area contributed by atoms with E-state index in [1.165, 1.54) is 17.0 Å². The number of anilines is 2. The van der Waals surface area contributed by atoms with Gasteiger partial charge in [0.15, 0.2) is 17.2 Å². The molecule has 2 aliphatic heterocycles. The number of nitrogens with zero attached hydrogens (tertiary/aromatic N) is 2. The number of hydrogen-bond acceptors (Lipinski definition) is 7. The second kappa shape index (κ2) is 6.66. The van der Waals surface area contributed by atoms with E-state index >= 15 is 0 Å². The molecular weight excluding hydrogens is 390 g/mol. The molecular formula is C21H15N3O6. The van der Waals surface area contributed by atoms with Crippen molar-refractivity contribution in [3.8, 4) is 17.2 Å². The summed E-state index contributed by atoms with van der Waals surface area (Å²) in [6.45, 7) is 0.0986. The van der Waals surface area contributed by atoms with Crippen LogP contribution in [0.15, 0.2) is 60.7 Å². The molecule has 0 radical (unpaired) electrons. The summed E-state index contributed by atoms with van der Waals surface area (Å²) in [5, 5.41) is 24.4. The van der Waals surface area contributed by atoms with Crippen molar-refractivity contribution < 1.29 is 24.3 Å². The molecule has 0 spiro atoms. The van der Waals surface area contributed by atoms with Crippen molar-refractivity contribution in [2.75, 3.05) is 17.0 Å². The molecule has 1 amide bonds. The third kappa shape index (κ3) is 2.75. The number of hydrogen-bond donors (Lipinski definition) is 2. The van der Waals surface area contributed by atoms with Crippen LogP contribution in [-0.2, 0) is 0 Å². The number of nitrogens with one attached hydrogen (secondary N) is 1. The highest BCUT2D eigenvalue weighted by atomic mass is 16.7. The Morgan fingerprint density at radius 1 is 1.07 bits per heavy atom. The van der Waals surface area contributed by atoms with Gasteiger partial charge in [0.2, 0.25) is 6.79 Å². The normalized spacial score (nSPS) is 16.7. The molecule has 2 N–H and O–H groups in total. The first-order chi connectivity index (χ1) is 14.5. The van der Waals surface area contributed by atoms with Crippen molar-refractivity contribution in [1.29, 1.82) is 0 Å². The van der Waals surface area contributed by atoms with Gasteiger partial charge in [0.1, 0.15) is 6.17 Å². The number of carbonyl (C=O) groups is 1. The molecule has 2 aliphatic rings. The van der Waals surface area contributed by atoms with Crippen molar-refractivity contribution in [3.05, 3.63) is 81.9 Å². The summed E-state index contributed by atoms with van der Waals surface area (Å²) in [7, 11) is 0. The highest BCUT2D eigenvalue weighted by molar-refractivity contribution is 6.12. The number of amides is 1. The van der Waals surface area contributed by atoms with Crippen LogP contribution in [-0.4, -0.2) is 22.7 Å². The van der Waals surface area contributed by atoms with Crippen LogP contribution < -0.4 is 19.7 Å². The van der Waals surface area contributed by atoms with Gasteiger partial charge in [-0.15, -0.1) is 0 Å². The Kier molecular flexibility index (Phi) is 3.95. The molecule has 2 heterocycles. The molecule has 0 saturated carbocycles. The van der Waals surface area contributed by atoms with Gasteiger partial charge in [-0.25, -0.2) is 0 Å². The average Bonchev–Trinajstić information content (AvgIpc) is 3.22. The summed E-state index contributed by atoms with van der Waals surface area (Å²) in [6, 6.07) is 16.2. The number of phenolic OH excluding ortho intramolecular Hbond substituents is 1. The van der Waals surface area contributed by atoms with E-state index in [4.69, 9.17) is 9.47 Å². The van der Waals surface area contributed by atoms with Crippen molar-refractivity contribution in [2.45, 2.75) is 6.17 Å². The van der Waals surface area contributed by atoms with Gasteiger partial charge in [0, 0.05) is 23.4 Å². The first-order valence-corrected chi connectivity index (χ1v) is 9.09. The van der Waals surface area contributed by atoms with Gasteiger partial charge >= 0.3 is 5.69 Å². The van der Waals surface area contributed by atoms with Crippen molar-refractivity contribution in [2.24, 2.45) is 0 Å². The lowest BCUT2D eigenvalue weighted by atomic mass is 10.0. The zero-order chi connectivity index (χ0) is 20.8. The molecule has 1 atom stereocenters. The molecule has 30 heavy (non-hydrogen) atoms. The second-order valence-corrected chi connectivity index (χ2v) is 6.81. The van der Waals surface area contributed by atoms with E-state index in [0.717, 1.165) is 0 Å². The van der Waals surface area contributed by atoms with Crippen LogP contribution in [0.3, 0.4) is 0 Å². The monoisotopic (exact) mass is 405 g/mol. The Hall–Kier alpha value is -4.27. The minimum absolute atomic E-state index is 0.0986. The lowest BCUT2D eigenvalue weighted by Crippen LogP contribution is -2.43. The lowest BCUT2D eigenvalue weighted by molar-refractivity contribution is -0.385. The number of nitro benzene ring substituents is 1.